The van der Waals surface area contributed by atoms with Crippen LogP contribution in [0, 0.1) is 30.1 Å². The summed E-state index contributed by atoms with van der Waals surface area (Å²) in [5.41, 5.74) is 4.10. The van der Waals surface area contributed by atoms with Crippen molar-refractivity contribution in [2.75, 3.05) is 0 Å². The highest BCUT2D eigenvalue weighted by molar-refractivity contribution is 5.67. The third-order valence-corrected chi connectivity index (χ3v) is 2.22. The highest BCUT2D eigenvalue weighted by Crippen LogP contribution is 2.17. The van der Waals surface area contributed by atoms with Gasteiger partial charge in [-0.2, -0.15) is 5.26 Å². The van der Waals surface area contributed by atoms with Gasteiger partial charge in [-0.3, -0.25) is 0 Å². The number of aryl methyl sites for hydroxylation is 1. The third kappa shape index (κ3) is 1.53. The van der Waals surface area contributed by atoms with Crippen molar-refractivity contribution in [1.29, 1.82) is 5.26 Å². The van der Waals surface area contributed by atoms with Crippen molar-refractivity contribution in [2.24, 2.45) is 0 Å². The molecule has 1 aromatic rings. The molecule has 0 aromatic heterocycles. The lowest BCUT2D eigenvalue weighted by Crippen LogP contribution is -1.87. The third-order valence-electron chi connectivity index (χ3n) is 2.22. The van der Waals surface area contributed by atoms with Gasteiger partial charge in [0.2, 0.25) is 0 Å². The standard InChI is InChI=1S/C13H9N/c1-10-5-6-13-8-11(9-14)3-2-4-12(13)7-10/h5-8H,4H2,1H3. The largest absolute Gasteiger partial charge is 0.192 e. The fourth-order valence-electron chi connectivity index (χ4n) is 1.51. The molecular weight excluding hydrogens is 170 g/mol. The smallest absolute Gasteiger partial charge is 0.108 e. The van der Waals surface area contributed by atoms with Gasteiger partial charge >= 0.3 is 0 Å². The lowest BCUT2D eigenvalue weighted by Gasteiger charge is -2.02. The van der Waals surface area contributed by atoms with Crippen LogP contribution in [0.5, 0.6) is 0 Å². The van der Waals surface area contributed by atoms with E-state index in [0.29, 0.717) is 5.57 Å². The van der Waals surface area contributed by atoms with Crippen molar-refractivity contribution in [3.63, 3.8) is 0 Å². The molecule has 0 atom stereocenters. The van der Waals surface area contributed by atoms with Crippen molar-refractivity contribution in [3.05, 3.63) is 40.5 Å². The number of hydrogen-bond donors (Lipinski definition) is 0. The Morgan fingerprint density at radius 3 is 3.07 bits per heavy atom. The summed E-state index contributed by atoms with van der Waals surface area (Å²) < 4.78 is 0. The predicted octanol–water partition coefficient (Wildman–Crippen LogP) is 2.46. The minimum atomic E-state index is 0.549. The van der Waals surface area contributed by atoms with Crippen molar-refractivity contribution >= 4 is 6.08 Å². The maximum atomic E-state index is 8.78. The first kappa shape index (κ1) is 8.60. The number of hydrogen-bond acceptors (Lipinski definition) is 1. The summed E-state index contributed by atoms with van der Waals surface area (Å²) in [7, 11) is 0. The number of allylic oxidation sites excluding steroid dienone is 1. The van der Waals surface area contributed by atoms with E-state index in [1.165, 1.54) is 11.1 Å². The van der Waals surface area contributed by atoms with Gasteiger partial charge in [-0.25, -0.2) is 0 Å². The predicted molar refractivity (Wildman–Crippen MR) is 56.2 cm³/mol. The van der Waals surface area contributed by atoms with Crippen LogP contribution >= 0.6 is 0 Å². The fraction of sp³-hybridized carbons (Fsp3) is 0.154. The van der Waals surface area contributed by atoms with Crippen LogP contribution in [0.2, 0.25) is 0 Å². The molecule has 0 saturated carbocycles. The number of rotatable bonds is 0. The van der Waals surface area contributed by atoms with Crippen LogP contribution in [0.3, 0.4) is 0 Å². The zero-order valence-corrected chi connectivity index (χ0v) is 7.96. The Morgan fingerprint density at radius 2 is 2.29 bits per heavy atom. The molecule has 0 aliphatic heterocycles. The Labute approximate surface area is 83.7 Å². The summed E-state index contributed by atoms with van der Waals surface area (Å²) in [5.74, 6) is 5.84. The van der Waals surface area contributed by atoms with E-state index in [-0.39, 0.29) is 0 Å². The summed E-state index contributed by atoms with van der Waals surface area (Å²) in [6.07, 6.45) is 2.59. The Hall–Kier alpha value is -1.99. The second kappa shape index (κ2) is 3.40. The van der Waals surface area contributed by atoms with Crippen LogP contribution in [0.4, 0.5) is 0 Å². The first-order valence-corrected chi connectivity index (χ1v) is 4.50. The molecule has 1 aromatic carbocycles. The van der Waals surface area contributed by atoms with Crippen LogP contribution < -0.4 is 0 Å². The van der Waals surface area contributed by atoms with Gasteiger partial charge in [-0.15, -0.1) is 0 Å². The molecule has 0 N–H and O–H groups in total. The quantitative estimate of drug-likeness (QED) is 0.561. The van der Waals surface area contributed by atoms with E-state index in [1.807, 2.05) is 12.1 Å². The Kier molecular flexibility index (Phi) is 2.09. The summed E-state index contributed by atoms with van der Waals surface area (Å²) in [5, 5.41) is 8.78. The highest BCUT2D eigenvalue weighted by Gasteiger charge is 2.03. The van der Waals surface area contributed by atoms with Gasteiger partial charge < -0.3 is 0 Å². The minimum Gasteiger partial charge on any atom is -0.192 e. The van der Waals surface area contributed by atoms with Gasteiger partial charge in [0, 0.05) is 6.42 Å². The Bertz CT molecular complexity index is 504. The molecule has 1 heteroatoms. The van der Waals surface area contributed by atoms with Crippen molar-refractivity contribution in [3.8, 4) is 17.9 Å². The normalized spacial score (nSPS) is 12.7. The van der Waals surface area contributed by atoms with E-state index < -0.39 is 0 Å². The van der Waals surface area contributed by atoms with Crippen LogP contribution in [-0.4, -0.2) is 0 Å². The fourth-order valence-corrected chi connectivity index (χ4v) is 1.51. The SMILES string of the molecule is Cc1ccc2c(c1)CC#CC(C#N)=C2. The first-order valence-electron chi connectivity index (χ1n) is 4.50. The highest BCUT2D eigenvalue weighted by atomic mass is 14.2. The van der Waals surface area contributed by atoms with Crippen molar-refractivity contribution in [2.45, 2.75) is 13.3 Å². The topological polar surface area (TPSA) is 23.8 Å². The molecule has 0 radical (unpaired) electrons. The Balaban J connectivity index is 2.58. The Morgan fingerprint density at radius 1 is 1.43 bits per heavy atom. The molecule has 0 unspecified atom stereocenters. The molecule has 2 rings (SSSR count). The van der Waals surface area contributed by atoms with Gasteiger partial charge in [0.1, 0.15) is 11.6 Å². The molecule has 14 heavy (non-hydrogen) atoms. The van der Waals surface area contributed by atoms with Gasteiger partial charge in [-0.05, 0) is 24.1 Å². The van der Waals surface area contributed by atoms with Gasteiger partial charge in [0.05, 0.1) is 0 Å². The molecule has 0 saturated heterocycles. The van der Waals surface area contributed by atoms with Crippen LogP contribution in [0.15, 0.2) is 23.8 Å². The van der Waals surface area contributed by atoms with Gasteiger partial charge in [0.25, 0.3) is 0 Å². The monoisotopic (exact) mass is 179 g/mol. The molecule has 0 fully saturated rings. The zero-order chi connectivity index (χ0) is 9.97. The molecule has 66 valence electrons. The zero-order valence-electron chi connectivity index (χ0n) is 7.96. The average Bonchev–Trinajstić information content (AvgIpc) is 2.38. The lowest BCUT2D eigenvalue weighted by atomic mass is 10.0. The molecule has 1 aliphatic rings. The molecule has 0 heterocycles. The summed E-state index contributed by atoms with van der Waals surface area (Å²) in [4.78, 5) is 0. The number of benzene rings is 1. The van der Waals surface area contributed by atoms with Crippen LogP contribution in [-0.2, 0) is 6.42 Å². The second-order valence-electron chi connectivity index (χ2n) is 3.35. The van der Waals surface area contributed by atoms with E-state index >= 15 is 0 Å². The lowest BCUT2D eigenvalue weighted by molar-refractivity contribution is 1.28. The molecule has 1 aliphatic carbocycles. The van der Waals surface area contributed by atoms with Crippen molar-refractivity contribution in [1.82, 2.24) is 0 Å². The molecule has 0 amide bonds. The van der Waals surface area contributed by atoms with E-state index in [2.05, 4.69) is 37.0 Å². The summed E-state index contributed by atoms with van der Waals surface area (Å²) in [6, 6.07) is 8.30. The van der Waals surface area contributed by atoms with Crippen LogP contribution in [0.25, 0.3) is 6.08 Å². The van der Waals surface area contributed by atoms with Gasteiger partial charge in [-0.1, -0.05) is 35.6 Å². The van der Waals surface area contributed by atoms with E-state index in [9.17, 15) is 0 Å². The van der Waals surface area contributed by atoms with Crippen molar-refractivity contribution < 1.29 is 0 Å². The number of nitriles is 1. The summed E-state index contributed by atoms with van der Waals surface area (Å²) >= 11 is 0. The van der Waals surface area contributed by atoms with E-state index in [0.717, 1.165) is 12.0 Å². The maximum absolute atomic E-state index is 8.78. The maximum Gasteiger partial charge on any atom is 0.108 e. The van der Waals surface area contributed by atoms with E-state index in [1.54, 1.807) is 0 Å². The molecule has 0 bridgehead atoms. The van der Waals surface area contributed by atoms with Gasteiger partial charge in [0.15, 0.2) is 0 Å². The molecular formula is C13H9N. The summed E-state index contributed by atoms with van der Waals surface area (Å²) in [6.45, 7) is 2.06. The first-order chi connectivity index (χ1) is 6.79. The van der Waals surface area contributed by atoms with E-state index in [4.69, 9.17) is 5.26 Å². The average molecular weight is 179 g/mol. The number of nitrogens with zero attached hydrogens (tertiary/aromatic N) is 1. The number of fused-ring (bicyclic) bond motifs is 1. The minimum absolute atomic E-state index is 0.549. The second-order valence-corrected chi connectivity index (χ2v) is 3.35. The molecule has 1 nitrogen and oxygen atoms in total. The molecule has 0 spiro atoms. The van der Waals surface area contributed by atoms with Crippen LogP contribution in [0.1, 0.15) is 16.7 Å².